The van der Waals surface area contributed by atoms with Crippen molar-refractivity contribution in [2.24, 2.45) is 0 Å². The molecule has 0 radical (unpaired) electrons. The number of rotatable bonds is 1. The molecule has 5 nitrogen and oxygen atoms in total. The molecule has 4 rings (SSSR count). The molecule has 0 atom stereocenters. The van der Waals surface area contributed by atoms with Gasteiger partial charge in [-0.2, -0.15) is 0 Å². The summed E-state index contributed by atoms with van der Waals surface area (Å²) in [5, 5.41) is 9.42. The van der Waals surface area contributed by atoms with Crippen LogP contribution in [0.15, 0.2) is 47.3 Å². The molecule has 0 aliphatic heterocycles. The molecule has 0 unspecified atom stereocenters. The lowest BCUT2D eigenvalue weighted by atomic mass is 10.2. The Morgan fingerprint density at radius 2 is 1.83 bits per heavy atom. The monoisotopic (exact) mass is 324 g/mol. The van der Waals surface area contributed by atoms with Gasteiger partial charge in [0.2, 0.25) is 5.78 Å². The summed E-state index contributed by atoms with van der Waals surface area (Å²) in [5.41, 5.74) is 2.26. The van der Waals surface area contributed by atoms with Gasteiger partial charge in [0.25, 0.3) is 5.56 Å². The van der Waals surface area contributed by atoms with E-state index in [9.17, 15) is 4.79 Å². The number of para-hydroxylation sites is 1. The average molecular weight is 325 g/mol. The van der Waals surface area contributed by atoms with Gasteiger partial charge in [-0.15, -0.1) is 10.2 Å². The van der Waals surface area contributed by atoms with Crippen LogP contribution in [-0.4, -0.2) is 19.2 Å². The first-order chi connectivity index (χ1) is 11.1. The van der Waals surface area contributed by atoms with E-state index in [1.807, 2.05) is 54.6 Å². The van der Waals surface area contributed by atoms with E-state index in [-0.39, 0.29) is 5.56 Å². The molecule has 0 N–H and O–H groups in total. The van der Waals surface area contributed by atoms with Crippen molar-refractivity contribution < 1.29 is 0 Å². The maximum Gasteiger partial charge on any atom is 0.267 e. The van der Waals surface area contributed by atoms with E-state index in [1.54, 1.807) is 6.07 Å². The Hall–Kier alpha value is -2.66. The van der Waals surface area contributed by atoms with Crippen LogP contribution < -0.4 is 5.56 Å². The van der Waals surface area contributed by atoms with E-state index in [4.69, 9.17) is 11.6 Å². The number of fused-ring (bicyclic) bond motifs is 3. The molecule has 6 heteroatoms. The molecule has 2 aromatic heterocycles. The van der Waals surface area contributed by atoms with Gasteiger partial charge in [-0.3, -0.25) is 9.20 Å². The van der Waals surface area contributed by atoms with Crippen LogP contribution in [0.1, 0.15) is 11.4 Å². The van der Waals surface area contributed by atoms with Gasteiger partial charge in [0.05, 0.1) is 21.6 Å². The van der Waals surface area contributed by atoms with E-state index < -0.39 is 0 Å². The van der Waals surface area contributed by atoms with Crippen molar-refractivity contribution in [2.75, 3.05) is 0 Å². The van der Waals surface area contributed by atoms with Gasteiger partial charge in [0, 0.05) is 0 Å². The van der Waals surface area contributed by atoms with Gasteiger partial charge in [-0.25, -0.2) is 4.57 Å². The molecule has 0 saturated carbocycles. The summed E-state index contributed by atoms with van der Waals surface area (Å²) in [6.45, 7) is 3.81. The largest absolute Gasteiger partial charge is 0.268 e. The molecule has 114 valence electrons. The quantitative estimate of drug-likeness (QED) is 0.540. The molecule has 23 heavy (non-hydrogen) atoms. The Balaban J connectivity index is 2.26. The highest BCUT2D eigenvalue weighted by molar-refractivity contribution is 6.32. The van der Waals surface area contributed by atoms with Crippen LogP contribution in [-0.2, 0) is 0 Å². The lowest BCUT2D eigenvalue weighted by Gasteiger charge is -2.12. The number of aryl methyl sites for hydroxylation is 2. The van der Waals surface area contributed by atoms with Gasteiger partial charge in [-0.1, -0.05) is 29.8 Å². The predicted octanol–water partition coefficient (Wildman–Crippen LogP) is 3.30. The smallest absolute Gasteiger partial charge is 0.267 e. The summed E-state index contributed by atoms with van der Waals surface area (Å²) in [5.74, 6) is 1.17. The lowest BCUT2D eigenvalue weighted by molar-refractivity contribution is 0.964. The summed E-state index contributed by atoms with van der Waals surface area (Å²) in [4.78, 5) is 13.0. The molecule has 4 aromatic rings. The molecule has 2 aromatic carbocycles. The van der Waals surface area contributed by atoms with Crippen molar-refractivity contribution in [3.63, 3.8) is 0 Å². The zero-order chi connectivity index (χ0) is 16.1. The van der Waals surface area contributed by atoms with Crippen LogP contribution in [0.25, 0.3) is 22.4 Å². The third-order valence-electron chi connectivity index (χ3n) is 3.93. The van der Waals surface area contributed by atoms with Gasteiger partial charge in [0.15, 0.2) is 0 Å². The Labute approximate surface area is 136 Å². The van der Waals surface area contributed by atoms with Crippen LogP contribution in [0.2, 0.25) is 5.02 Å². The molecule has 0 spiro atoms. The Morgan fingerprint density at radius 3 is 2.61 bits per heavy atom. The minimum absolute atomic E-state index is 0.161. The predicted molar refractivity (Wildman–Crippen MR) is 90.6 cm³/mol. The zero-order valence-corrected chi connectivity index (χ0v) is 13.4. The highest BCUT2D eigenvalue weighted by Crippen LogP contribution is 2.24. The molecule has 0 aliphatic rings. The number of aromatic nitrogens is 4. The Bertz CT molecular complexity index is 1130. The number of hydrogen-bond donors (Lipinski definition) is 0. The summed E-state index contributed by atoms with van der Waals surface area (Å²) in [7, 11) is 0. The Kier molecular flexibility index (Phi) is 2.99. The van der Waals surface area contributed by atoms with Gasteiger partial charge >= 0.3 is 0 Å². The van der Waals surface area contributed by atoms with E-state index >= 15 is 0 Å². The molecule has 0 aliphatic carbocycles. The molecular weight excluding hydrogens is 312 g/mol. The highest BCUT2D eigenvalue weighted by atomic mass is 35.5. The fraction of sp³-hybridized carbons (Fsp3) is 0.118. The fourth-order valence-corrected chi connectivity index (χ4v) is 3.17. The van der Waals surface area contributed by atoms with Crippen molar-refractivity contribution in [3.05, 3.63) is 69.2 Å². The van der Waals surface area contributed by atoms with Crippen LogP contribution >= 0.6 is 11.6 Å². The van der Waals surface area contributed by atoms with Crippen molar-refractivity contribution in [1.82, 2.24) is 19.2 Å². The number of benzene rings is 2. The van der Waals surface area contributed by atoms with Gasteiger partial charge in [0.1, 0.15) is 5.82 Å². The van der Waals surface area contributed by atoms with Crippen LogP contribution in [0.3, 0.4) is 0 Å². The minimum Gasteiger partial charge on any atom is -0.268 e. The third kappa shape index (κ3) is 1.97. The average Bonchev–Trinajstić information content (AvgIpc) is 2.91. The molecule has 0 saturated heterocycles. The zero-order valence-electron chi connectivity index (χ0n) is 12.6. The van der Waals surface area contributed by atoms with E-state index in [1.165, 1.54) is 4.57 Å². The SMILES string of the molecule is Cc1ccc(-n2c(=O)c3ccccc3n3c(C)nnc23)c(Cl)c1. The number of halogens is 1. The summed E-state index contributed by atoms with van der Waals surface area (Å²) < 4.78 is 3.39. The van der Waals surface area contributed by atoms with Crippen molar-refractivity contribution in [2.45, 2.75) is 13.8 Å². The first kappa shape index (κ1) is 14.0. The second kappa shape index (κ2) is 4.93. The van der Waals surface area contributed by atoms with E-state index in [0.29, 0.717) is 27.7 Å². The standard InChI is InChI=1S/C17H13ClN4O/c1-10-7-8-15(13(18)9-10)22-16(23)12-5-3-4-6-14(12)21-11(2)19-20-17(21)22/h3-9H,1-2H3. The molecule has 0 fully saturated rings. The normalized spacial score (nSPS) is 11.4. The maximum absolute atomic E-state index is 13.0. The Morgan fingerprint density at radius 1 is 1.04 bits per heavy atom. The van der Waals surface area contributed by atoms with Crippen LogP contribution in [0.4, 0.5) is 0 Å². The van der Waals surface area contributed by atoms with E-state index in [0.717, 1.165) is 11.1 Å². The highest BCUT2D eigenvalue weighted by Gasteiger charge is 2.17. The van der Waals surface area contributed by atoms with E-state index in [2.05, 4.69) is 10.2 Å². The van der Waals surface area contributed by atoms with Crippen molar-refractivity contribution >= 4 is 28.3 Å². The van der Waals surface area contributed by atoms with Gasteiger partial charge < -0.3 is 0 Å². The fourth-order valence-electron chi connectivity index (χ4n) is 2.85. The first-order valence-electron chi connectivity index (χ1n) is 7.20. The minimum atomic E-state index is -0.161. The number of hydrogen-bond acceptors (Lipinski definition) is 3. The van der Waals surface area contributed by atoms with Gasteiger partial charge in [-0.05, 0) is 43.7 Å². The molecular formula is C17H13ClN4O. The summed E-state index contributed by atoms with van der Waals surface area (Å²) in [6.07, 6.45) is 0. The van der Waals surface area contributed by atoms with Crippen LogP contribution in [0.5, 0.6) is 0 Å². The topological polar surface area (TPSA) is 52.2 Å². The number of nitrogens with zero attached hydrogens (tertiary/aromatic N) is 4. The molecule has 0 bridgehead atoms. The van der Waals surface area contributed by atoms with Crippen LogP contribution in [0, 0.1) is 13.8 Å². The lowest BCUT2D eigenvalue weighted by Crippen LogP contribution is -2.22. The molecule has 0 amide bonds. The van der Waals surface area contributed by atoms with Crippen molar-refractivity contribution in [1.29, 1.82) is 0 Å². The summed E-state index contributed by atoms with van der Waals surface area (Å²) >= 11 is 6.38. The first-order valence-corrected chi connectivity index (χ1v) is 7.58. The third-order valence-corrected chi connectivity index (χ3v) is 4.23. The second-order valence-electron chi connectivity index (χ2n) is 5.50. The van der Waals surface area contributed by atoms with Crippen molar-refractivity contribution in [3.8, 4) is 5.69 Å². The molecule has 2 heterocycles. The summed E-state index contributed by atoms with van der Waals surface area (Å²) in [6, 6.07) is 13.0. The maximum atomic E-state index is 13.0. The second-order valence-corrected chi connectivity index (χ2v) is 5.90.